The molecule has 0 saturated heterocycles. The largest absolute Gasteiger partial charge is 0.507 e. The van der Waals surface area contributed by atoms with Gasteiger partial charge in [-0.05, 0) is 54.7 Å². The van der Waals surface area contributed by atoms with Crippen molar-refractivity contribution in [3.63, 3.8) is 0 Å². The number of aromatic hydroxyl groups is 1. The number of nitrogens with one attached hydrogen (secondary N) is 1. The minimum absolute atomic E-state index is 0.0517. The summed E-state index contributed by atoms with van der Waals surface area (Å²) in [6.07, 6.45) is 2.62. The zero-order chi connectivity index (χ0) is 23.2. The summed E-state index contributed by atoms with van der Waals surface area (Å²) in [5.41, 5.74) is 2.76. The lowest BCUT2D eigenvalue weighted by atomic mass is 9.88. The van der Waals surface area contributed by atoms with Gasteiger partial charge >= 0.3 is 5.63 Å². The molecule has 1 atom stereocenters. The molecule has 5 nitrogen and oxygen atoms in total. The molecule has 0 saturated carbocycles. The summed E-state index contributed by atoms with van der Waals surface area (Å²) < 4.78 is 5.47. The van der Waals surface area contributed by atoms with E-state index in [0.717, 1.165) is 18.4 Å². The van der Waals surface area contributed by atoms with Gasteiger partial charge in [-0.3, -0.25) is 4.79 Å². The van der Waals surface area contributed by atoms with Gasteiger partial charge in [0.05, 0.1) is 10.9 Å². The second-order valence-electron chi connectivity index (χ2n) is 8.12. The molecule has 0 spiro atoms. The van der Waals surface area contributed by atoms with Crippen molar-refractivity contribution in [2.75, 3.05) is 5.32 Å². The van der Waals surface area contributed by atoms with Gasteiger partial charge in [0.1, 0.15) is 11.3 Å². The molecule has 4 rings (SSSR count). The molecule has 3 aromatic carbocycles. The molecule has 1 unspecified atom stereocenters. The lowest BCUT2D eigenvalue weighted by molar-refractivity contribution is -0.116. The van der Waals surface area contributed by atoms with Gasteiger partial charge in [-0.2, -0.15) is 0 Å². The van der Waals surface area contributed by atoms with E-state index in [1.54, 1.807) is 24.3 Å². The van der Waals surface area contributed by atoms with Crippen LogP contribution < -0.4 is 10.9 Å². The van der Waals surface area contributed by atoms with Gasteiger partial charge in [-0.1, -0.05) is 61.5 Å². The normalized spacial score (nSPS) is 11.9. The van der Waals surface area contributed by atoms with Crippen LogP contribution in [0.15, 0.2) is 88.1 Å². The average molecular weight is 442 g/mol. The fourth-order valence-corrected chi connectivity index (χ4v) is 4.22. The monoisotopic (exact) mass is 441 g/mol. The summed E-state index contributed by atoms with van der Waals surface area (Å²) in [4.78, 5) is 25.2. The number of aryl methyl sites for hydroxylation is 1. The lowest BCUT2D eigenvalue weighted by Gasteiger charge is -2.18. The van der Waals surface area contributed by atoms with E-state index < -0.39 is 5.63 Å². The van der Waals surface area contributed by atoms with Gasteiger partial charge in [-0.25, -0.2) is 4.79 Å². The summed E-state index contributed by atoms with van der Waals surface area (Å²) in [5, 5.41) is 14.3. The minimum Gasteiger partial charge on any atom is -0.507 e. The van der Waals surface area contributed by atoms with Crippen molar-refractivity contribution in [1.82, 2.24) is 0 Å². The second kappa shape index (κ2) is 10.2. The molecule has 0 aliphatic rings. The Bertz CT molecular complexity index is 1310. The van der Waals surface area contributed by atoms with Crippen molar-refractivity contribution in [1.29, 1.82) is 0 Å². The maximum atomic E-state index is 12.7. The Morgan fingerprint density at radius 3 is 2.55 bits per heavy atom. The maximum absolute atomic E-state index is 12.7. The van der Waals surface area contributed by atoms with Gasteiger partial charge in [0.25, 0.3) is 0 Å². The van der Waals surface area contributed by atoms with Crippen molar-refractivity contribution in [2.24, 2.45) is 0 Å². The number of rotatable bonds is 8. The number of anilines is 1. The highest BCUT2D eigenvalue weighted by molar-refractivity contribution is 5.90. The van der Waals surface area contributed by atoms with Crippen molar-refractivity contribution in [3.05, 3.63) is 106 Å². The molecular formula is C28H27NO4. The van der Waals surface area contributed by atoms with Crippen LogP contribution in [-0.4, -0.2) is 11.0 Å². The number of carbonyl (C=O) groups excluding carboxylic acids is 1. The van der Waals surface area contributed by atoms with Gasteiger partial charge < -0.3 is 14.8 Å². The third kappa shape index (κ3) is 5.14. The molecule has 1 aromatic heterocycles. The van der Waals surface area contributed by atoms with Crippen molar-refractivity contribution < 1.29 is 14.3 Å². The van der Waals surface area contributed by atoms with Crippen LogP contribution in [0, 0.1) is 0 Å². The number of benzene rings is 3. The van der Waals surface area contributed by atoms with Crippen LogP contribution >= 0.6 is 0 Å². The molecule has 0 bridgehead atoms. The van der Waals surface area contributed by atoms with Crippen molar-refractivity contribution in [2.45, 2.75) is 38.5 Å². The number of hydrogen-bond donors (Lipinski definition) is 2. The lowest BCUT2D eigenvalue weighted by Crippen LogP contribution is -2.15. The highest BCUT2D eigenvalue weighted by Gasteiger charge is 2.23. The van der Waals surface area contributed by atoms with E-state index in [9.17, 15) is 14.7 Å². The molecule has 5 heteroatoms. The SMILES string of the molecule is CCC(c1cccc(NC(=O)CCCc2ccccc2)c1)c1c(O)c2ccccc2oc1=O. The number of hydrogen-bond acceptors (Lipinski definition) is 4. The van der Waals surface area contributed by atoms with Crippen LogP contribution in [0.5, 0.6) is 5.75 Å². The fourth-order valence-electron chi connectivity index (χ4n) is 4.22. The van der Waals surface area contributed by atoms with Crippen LogP contribution in [0.25, 0.3) is 11.0 Å². The Balaban J connectivity index is 1.51. The van der Waals surface area contributed by atoms with Gasteiger partial charge in [0.15, 0.2) is 0 Å². The Kier molecular flexibility index (Phi) is 6.89. The first kappa shape index (κ1) is 22.3. The minimum atomic E-state index is -0.548. The van der Waals surface area contributed by atoms with E-state index in [1.165, 1.54) is 5.56 Å². The summed E-state index contributed by atoms with van der Waals surface area (Å²) in [7, 11) is 0. The van der Waals surface area contributed by atoms with Gasteiger partial charge in [0.2, 0.25) is 5.91 Å². The first-order valence-electron chi connectivity index (χ1n) is 11.2. The summed E-state index contributed by atoms with van der Waals surface area (Å²) in [6.45, 7) is 1.95. The fraction of sp³-hybridized carbons (Fsp3) is 0.214. The molecule has 1 heterocycles. The number of carbonyl (C=O) groups is 1. The van der Waals surface area contributed by atoms with Crippen molar-refractivity contribution in [3.8, 4) is 5.75 Å². The molecule has 168 valence electrons. The van der Waals surface area contributed by atoms with E-state index in [4.69, 9.17) is 4.42 Å². The van der Waals surface area contributed by atoms with Gasteiger partial charge in [-0.15, -0.1) is 0 Å². The predicted molar refractivity (Wildman–Crippen MR) is 131 cm³/mol. The molecular weight excluding hydrogens is 414 g/mol. The van der Waals surface area contributed by atoms with Crippen molar-refractivity contribution >= 4 is 22.6 Å². The molecule has 0 fully saturated rings. The molecule has 0 radical (unpaired) electrons. The van der Waals surface area contributed by atoms with Crippen LogP contribution in [0.1, 0.15) is 48.8 Å². The topological polar surface area (TPSA) is 79.5 Å². The molecule has 0 aliphatic carbocycles. The third-order valence-corrected chi connectivity index (χ3v) is 5.86. The standard InChI is InChI=1S/C28H27NO4/c1-2-22(26-27(31)23-15-6-7-16-24(23)33-28(26)32)20-13-9-14-21(18-20)29-25(30)17-8-12-19-10-4-3-5-11-19/h3-7,9-11,13-16,18,22,31H,2,8,12,17H2,1H3,(H,29,30). The Labute approximate surface area is 192 Å². The number of amides is 1. The van der Waals surface area contributed by atoms with E-state index in [2.05, 4.69) is 17.4 Å². The Morgan fingerprint density at radius 1 is 1.00 bits per heavy atom. The number of fused-ring (bicyclic) bond motifs is 1. The first-order chi connectivity index (χ1) is 16.1. The highest BCUT2D eigenvalue weighted by Crippen LogP contribution is 2.36. The zero-order valence-electron chi connectivity index (χ0n) is 18.6. The number of para-hydroxylation sites is 1. The predicted octanol–water partition coefficient (Wildman–Crippen LogP) is 6.00. The smallest absolute Gasteiger partial charge is 0.343 e. The Morgan fingerprint density at radius 2 is 1.76 bits per heavy atom. The highest BCUT2D eigenvalue weighted by atomic mass is 16.4. The summed E-state index contributed by atoms with van der Waals surface area (Å²) in [5.74, 6) is -0.464. The molecule has 33 heavy (non-hydrogen) atoms. The van der Waals surface area contributed by atoms with E-state index >= 15 is 0 Å². The van der Waals surface area contributed by atoms with E-state index in [1.807, 2.05) is 49.4 Å². The summed E-state index contributed by atoms with van der Waals surface area (Å²) >= 11 is 0. The average Bonchev–Trinajstić information content (AvgIpc) is 2.82. The zero-order valence-corrected chi connectivity index (χ0v) is 18.6. The molecule has 0 aliphatic heterocycles. The Hall–Kier alpha value is -3.86. The molecule has 2 N–H and O–H groups in total. The van der Waals surface area contributed by atoms with Crippen LogP contribution in [0.4, 0.5) is 5.69 Å². The van der Waals surface area contributed by atoms with Crippen LogP contribution in [-0.2, 0) is 11.2 Å². The van der Waals surface area contributed by atoms with Crippen LogP contribution in [0.2, 0.25) is 0 Å². The third-order valence-electron chi connectivity index (χ3n) is 5.86. The van der Waals surface area contributed by atoms with E-state index in [-0.39, 0.29) is 23.1 Å². The molecule has 4 aromatic rings. The van der Waals surface area contributed by atoms with Crippen LogP contribution in [0.3, 0.4) is 0 Å². The maximum Gasteiger partial charge on any atom is 0.343 e. The first-order valence-corrected chi connectivity index (χ1v) is 11.2. The second-order valence-corrected chi connectivity index (χ2v) is 8.12. The molecule has 1 amide bonds. The summed E-state index contributed by atoms with van der Waals surface area (Å²) in [6, 6.07) is 24.5. The quantitative estimate of drug-likeness (QED) is 0.329. The van der Waals surface area contributed by atoms with E-state index in [0.29, 0.717) is 29.5 Å². The van der Waals surface area contributed by atoms with Gasteiger partial charge in [0, 0.05) is 18.0 Å².